The molecule has 0 radical (unpaired) electrons. The lowest BCUT2D eigenvalue weighted by Gasteiger charge is -2.30. The Balaban J connectivity index is 1.29. The second-order valence-electron chi connectivity index (χ2n) is 12.4. The maximum Gasteiger partial charge on any atom is 0.0726 e. The van der Waals surface area contributed by atoms with Crippen molar-refractivity contribution in [3.63, 3.8) is 0 Å². The van der Waals surface area contributed by atoms with Gasteiger partial charge in [-0.05, 0) is 68.8 Å². The van der Waals surface area contributed by atoms with E-state index in [1.165, 1.54) is 92.2 Å². The summed E-state index contributed by atoms with van der Waals surface area (Å²) in [5.41, 5.74) is 14.2. The second kappa shape index (κ2) is 8.38. The third-order valence-electron chi connectivity index (χ3n) is 10.4. The third-order valence-corrected chi connectivity index (χ3v) is 11.6. The van der Waals surface area contributed by atoms with Gasteiger partial charge in [0.05, 0.1) is 21.1 Å². The van der Waals surface area contributed by atoms with Crippen LogP contribution in [0.4, 0.5) is 0 Å². The molecule has 0 saturated carbocycles. The van der Waals surface area contributed by atoms with Gasteiger partial charge < -0.3 is 4.57 Å². The van der Waals surface area contributed by atoms with Gasteiger partial charge in [-0.15, -0.1) is 11.3 Å². The van der Waals surface area contributed by atoms with E-state index in [1.807, 2.05) is 11.3 Å². The highest BCUT2D eigenvalue weighted by molar-refractivity contribution is 7.26. The van der Waals surface area contributed by atoms with Crippen LogP contribution < -0.4 is 0 Å². The Morgan fingerprint density at radius 3 is 1.69 bits per heavy atom. The SMILES string of the molecule is c1ccc2c(c1)-c1ccccc1C21c2ccccc2-c2ccc(-n3c4ccccc4c4ccc5c6ccccc6sc5c43)cc21. The first-order valence-corrected chi connectivity index (χ1v) is 16.4. The van der Waals surface area contributed by atoms with E-state index in [-0.39, 0.29) is 5.41 Å². The van der Waals surface area contributed by atoms with Gasteiger partial charge in [-0.3, -0.25) is 0 Å². The average Bonchev–Trinajstić information content (AvgIpc) is 3.82. The Kier molecular flexibility index (Phi) is 4.46. The Bertz CT molecular complexity index is 2660. The summed E-state index contributed by atoms with van der Waals surface area (Å²) in [5.74, 6) is 0. The highest BCUT2D eigenvalue weighted by Gasteiger charge is 2.51. The summed E-state index contributed by atoms with van der Waals surface area (Å²) < 4.78 is 5.21. The number of hydrogen-bond acceptors (Lipinski definition) is 1. The van der Waals surface area contributed by atoms with Gasteiger partial charge in [0.2, 0.25) is 0 Å². The highest BCUT2D eigenvalue weighted by Crippen LogP contribution is 2.63. The van der Waals surface area contributed by atoms with Crippen molar-refractivity contribution in [2.75, 3.05) is 0 Å². The van der Waals surface area contributed by atoms with Crippen LogP contribution in [0.15, 0.2) is 152 Å². The van der Waals surface area contributed by atoms with E-state index in [2.05, 4.69) is 156 Å². The number of rotatable bonds is 1. The van der Waals surface area contributed by atoms with Crippen LogP contribution >= 0.6 is 11.3 Å². The molecule has 2 aliphatic rings. The smallest absolute Gasteiger partial charge is 0.0726 e. The van der Waals surface area contributed by atoms with Crippen LogP contribution in [-0.2, 0) is 5.41 Å². The summed E-state index contributed by atoms with van der Waals surface area (Å²) in [6.45, 7) is 0. The molecule has 208 valence electrons. The summed E-state index contributed by atoms with van der Waals surface area (Å²) in [4.78, 5) is 0. The number of hydrogen-bond donors (Lipinski definition) is 0. The molecule has 11 rings (SSSR count). The standard InChI is InChI=1S/C43H25NS/c1-6-16-35-27(11-1)28-12-2-7-17-36(28)43(35)37-18-8-3-13-29(37)30-22-21-26(25-38(30)43)44-39-19-9-4-14-31(39)33-23-24-34-32-15-5-10-20-40(32)45-42(34)41(33)44/h1-25H. The number of para-hydroxylation sites is 1. The van der Waals surface area contributed by atoms with Crippen molar-refractivity contribution in [3.05, 3.63) is 174 Å². The molecule has 0 bridgehead atoms. The largest absolute Gasteiger partial charge is 0.308 e. The molecule has 1 spiro atoms. The second-order valence-corrected chi connectivity index (χ2v) is 13.5. The molecule has 7 aromatic carbocycles. The number of nitrogens with zero attached hydrogens (tertiary/aromatic N) is 1. The molecule has 0 atom stereocenters. The molecule has 0 fully saturated rings. The first-order chi connectivity index (χ1) is 22.3. The molecule has 45 heavy (non-hydrogen) atoms. The van der Waals surface area contributed by atoms with E-state index in [4.69, 9.17) is 0 Å². The van der Waals surface area contributed by atoms with Crippen LogP contribution in [0.1, 0.15) is 22.3 Å². The fourth-order valence-corrected chi connectivity index (χ4v) is 9.96. The van der Waals surface area contributed by atoms with Crippen LogP contribution in [0.25, 0.3) is 69.9 Å². The fraction of sp³-hybridized carbons (Fsp3) is 0.0233. The molecule has 0 amide bonds. The van der Waals surface area contributed by atoms with Crippen LogP contribution in [0.2, 0.25) is 0 Å². The highest BCUT2D eigenvalue weighted by atomic mass is 32.1. The van der Waals surface area contributed by atoms with Crippen LogP contribution in [-0.4, -0.2) is 4.57 Å². The summed E-state index contributed by atoms with van der Waals surface area (Å²) in [6.07, 6.45) is 0. The van der Waals surface area contributed by atoms with Crippen molar-refractivity contribution < 1.29 is 0 Å². The van der Waals surface area contributed by atoms with Crippen LogP contribution in [0.3, 0.4) is 0 Å². The maximum absolute atomic E-state index is 2.53. The van der Waals surface area contributed by atoms with E-state index in [1.54, 1.807) is 0 Å². The van der Waals surface area contributed by atoms with Gasteiger partial charge >= 0.3 is 0 Å². The summed E-state index contributed by atoms with van der Waals surface area (Å²) in [7, 11) is 0. The lowest BCUT2D eigenvalue weighted by atomic mass is 9.70. The van der Waals surface area contributed by atoms with Crippen molar-refractivity contribution in [3.8, 4) is 27.9 Å². The normalized spacial score (nSPS) is 14.0. The first kappa shape index (κ1) is 23.9. The Morgan fingerprint density at radius 2 is 0.978 bits per heavy atom. The Morgan fingerprint density at radius 1 is 0.422 bits per heavy atom. The minimum absolute atomic E-state index is 0.360. The molecule has 2 aromatic heterocycles. The molecule has 0 saturated heterocycles. The Hall–Kier alpha value is -5.44. The predicted octanol–water partition coefficient (Wildman–Crippen LogP) is 11.5. The molecule has 2 heteroatoms. The number of aromatic nitrogens is 1. The number of fused-ring (bicyclic) bond motifs is 17. The average molecular weight is 588 g/mol. The Labute approximate surface area is 264 Å². The molecule has 1 nitrogen and oxygen atoms in total. The number of thiophene rings is 1. The van der Waals surface area contributed by atoms with Crippen molar-refractivity contribution >= 4 is 53.3 Å². The van der Waals surface area contributed by atoms with Gasteiger partial charge in [-0.1, -0.05) is 127 Å². The van der Waals surface area contributed by atoms with Crippen molar-refractivity contribution in [2.45, 2.75) is 5.41 Å². The van der Waals surface area contributed by atoms with Crippen LogP contribution in [0.5, 0.6) is 0 Å². The summed E-state index contributed by atoms with van der Waals surface area (Å²) in [6, 6.07) is 56.8. The zero-order chi connectivity index (χ0) is 29.3. The predicted molar refractivity (Wildman–Crippen MR) is 190 cm³/mol. The molecular weight excluding hydrogens is 563 g/mol. The summed E-state index contributed by atoms with van der Waals surface area (Å²) >= 11 is 1.91. The van der Waals surface area contributed by atoms with Gasteiger partial charge in [-0.25, -0.2) is 0 Å². The van der Waals surface area contributed by atoms with E-state index in [9.17, 15) is 0 Å². The van der Waals surface area contributed by atoms with Crippen molar-refractivity contribution in [1.29, 1.82) is 0 Å². The molecule has 9 aromatic rings. The van der Waals surface area contributed by atoms with Gasteiger partial charge in [0.25, 0.3) is 0 Å². The zero-order valence-electron chi connectivity index (χ0n) is 24.3. The minimum Gasteiger partial charge on any atom is -0.308 e. The number of benzene rings is 7. The maximum atomic E-state index is 2.53. The van der Waals surface area contributed by atoms with E-state index in [0.29, 0.717) is 0 Å². The molecule has 2 aliphatic carbocycles. The van der Waals surface area contributed by atoms with Gasteiger partial charge in [0.1, 0.15) is 0 Å². The van der Waals surface area contributed by atoms with E-state index in [0.717, 1.165) is 0 Å². The van der Waals surface area contributed by atoms with E-state index >= 15 is 0 Å². The first-order valence-electron chi connectivity index (χ1n) is 15.6. The van der Waals surface area contributed by atoms with Gasteiger partial charge in [0.15, 0.2) is 0 Å². The molecule has 0 N–H and O–H groups in total. The molecule has 0 aliphatic heterocycles. The molecule has 2 heterocycles. The molecule has 0 unspecified atom stereocenters. The zero-order valence-corrected chi connectivity index (χ0v) is 25.1. The summed E-state index contributed by atoms with van der Waals surface area (Å²) in [5, 5.41) is 5.26. The topological polar surface area (TPSA) is 4.93 Å². The third kappa shape index (κ3) is 2.80. The quantitative estimate of drug-likeness (QED) is 0.180. The minimum atomic E-state index is -0.360. The van der Waals surface area contributed by atoms with E-state index < -0.39 is 0 Å². The van der Waals surface area contributed by atoms with Crippen molar-refractivity contribution in [2.24, 2.45) is 0 Å². The monoisotopic (exact) mass is 587 g/mol. The fourth-order valence-electron chi connectivity index (χ4n) is 8.72. The molecular formula is C43H25NS. The van der Waals surface area contributed by atoms with Gasteiger partial charge in [-0.2, -0.15) is 0 Å². The van der Waals surface area contributed by atoms with Crippen molar-refractivity contribution in [1.82, 2.24) is 4.57 Å². The lowest BCUT2D eigenvalue weighted by Crippen LogP contribution is -2.26. The van der Waals surface area contributed by atoms with Gasteiger partial charge in [0, 0.05) is 31.9 Å². The lowest BCUT2D eigenvalue weighted by molar-refractivity contribution is 0.792. The van der Waals surface area contributed by atoms with Crippen LogP contribution in [0, 0.1) is 0 Å².